The van der Waals surface area contributed by atoms with Gasteiger partial charge in [-0.25, -0.2) is 0 Å². The predicted molar refractivity (Wildman–Crippen MR) is 107 cm³/mol. The van der Waals surface area contributed by atoms with Gasteiger partial charge in [0.15, 0.2) is 5.78 Å². The zero-order valence-corrected chi connectivity index (χ0v) is 17.7. The zero-order chi connectivity index (χ0) is 20.3. The first-order valence-corrected chi connectivity index (χ1v) is 10.9. The molecule has 0 amide bonds. The Hall–Kier alpha value is -1.42. The van der Waals surface area contributed by atoms with Gasteiger partial charge in [-0.3, -0.25) is 9.59 Å². The normalized spacial score (nSPS) is 46.5. The van der Waals surface area contributed by atoms with Gasteiger partial charge < -0.3 is 9.84 Å². The van der Waals surface area contributed by atoms with E-state index in [0.29, 0.717) is 30.8 Å². The third-order valence-electron chi connectivity index (χ3n) is 8.68. The van der Waals surface area contributed by atoms with Crippen LogP contribution in [0.3, 0.4) is 0 Å². The lowest BCUT2D eigenvalue weighted by Crippen LogP contribution is -2.57. The van der Waals surface area contributed by atoms with Crippen LogP contribution >= 0.6 is 0 Å². The molecule has 0 aromatic carbocycles. The van der Waals surface area contributed by atoms with Crippen LogP contribution in [0.2, 0.25) is 0 Å². The van der Waals surface area contributed by atoms with Crippen LogP contribution in [0.1, 0.15) is 66.2 Å². The van der Waals surface area contributed by atoms with Crippen molar-refractivity contribution in [3.63, 3.8) is 0 Å². The summed E-state index contributed by atoms with van der Waals surface area (Å²) in [5.74, 6) is 1.69. The highest BCUT2D eigenvalue weighted by atomic mass is 16.5. The van der Waals surface area contributed by atoms with Crippen molar-refractivity contribution in [2.45, 2.75) is 72.3 Å². The highest BCUT2D eigenvalue weighted by molar-refractivity contribution is 5.91. The molecule has 0 radical (unpaired) electrons. The van der Waals surface area contributed by atoms with E-state index >= 15 is 0 Å². The molecule has 7 atom stereocenters. The van der Waals surface area contributed by atoms with E-state index < -0.39 is 0 Å². The van der Waals surface area contributed by atoms with Gasteiger partial charge >= 0.3 is 5.97 Å². The van der Waals surface area contributed by atoms with E-state index in [1.54, 1.807) is 0 Å². The molecular weight excluding hydrogens is 352 g/mol. The summed E-state index contributed by atoms with van der Waals surface area (Å²) in [5.41, 5.74) is 2.58. The third-order valence-corrected chi connectivity index (χ3v) is 8.68. The second-order valence-corrected chi connectivity index (χ2v) is 10.2. The van der Waals surface area contributed by atoms with Gasteiger partial charge in [-0.05, 0) is 78.8 Å². The summed E-state index contributed by atoms with van der Waals surface area (Å²) >= 11 is 0. The van der Waals surface area contributed by atoms with Crippen LogP contribution in [0.5, 0.6) is 0 Å². The molecule has 4 aliphatic rings. The fourth-order valence-corrected chi connectivity index (χ4v) is 7.56. The minimum absolute atomic E-state index is 0.0114. The van der Waals surface area contributed by atoms with Crippen molar-refractivity contribution in [3.8, 4) is 0 Å². The van der Waals surface area contributed by atoms with Crippen LogP contribution in [0.25, 0.3) is 0 Å². The standard InChI is InChI=1S/C24H34O4/c1-14-11-18-19-6-5-16(8-10-28-15(2)25)24(19,4)13-21(27)22(18)23(3)9-7-17(26)12-20(14)23/h8,12,14,18-19,21-22,27H,5-7,9-11,13H2,1-4H3. The van der Waals surface area contributed by atoms with Crippen LogP contribution in [0.15, 0.2) is 23.3 Å². The first kappa shape index (κ1) is 19.9. The molecule has 28 heavy (non-hydrogen) atoms. The van der Waals surface area contributed by atoms with Gasteiger partial charge in [-0.15, -0.1) is 0 Å². The van der Waals surface area contributed by atoms with Gasteiger partial charge in [0.25, 0.3) is 0 Å². The fourth-order valence-electron chi connectivity index (χ4n) is 7.56. The van der Waals surface area contributed by atoms with Crippen molar-refractivity contribution in [1.82, 2.24) is 0 Å². The Morgan fingerprint density at radius 1 is 1.32 bits per heavy atom. The summed E-state index contributed by atoms with van der Waals surface area (Å²) in [6.07, 6.45) is 9.15. The lowest BCUT2D eigenvalue weighted by molar-refractivity contribution is -0.139. The number of ether oxygens (including phenoxy) is 1. The Kier molecular flexibility index (Phi) is 4.85. The van der Waals surface area contributed by atoms with Crippen molar-refractivity contribution < 1.29 is 19.4 Å². The van der Waals surface area contributed by atoms with Crippen molar-refractivity contribution in [1.29, 1.82) is 0 Å². The molecule has 3 saturated carbocycles. The van der Waals surface area contributed by atoms with E-state index in [0.717, 1.165) is 32.1 Å². The van der Waals surface area contributed by atoms with E-state index in [9.17, 15) is 14.7 Å². The van der Waals surface area contributed by atoms with Gasteiger partial charge in [0, 0.05) is 13.3 Å². The molecule has 154 valence electrons. The van der Waals surface area contributed by atoms with Gasteiger partial charge in [-0.2, -0.15) is 0 Å². The van der Waals surface area contributed by atoms with E-state index in [1.165, 1.54) is 18.1 Å². The van der Waals surface area contributed by atoms with Crippen LogP contribution in [0.4, 0.5) is 0 Å². The molecule has 4 heteroatoms. The second-order valence-electron chi connectivity index (χ2n) is 10.2. The van der Waals surface area contributed by atoms with Crippen molar-refractivity contribution >= 4 is 11.8 Å². The van der Waals surface area contributed by atoms with Crippen LogP contribution in [-0.4, -0.2) is 29.6 Å². The second kappa shape index (κ2) is 6.83. The molecule has 4 nitrogen and oxygen atoms in total. The lowest BCUT2D eigenvalue weighted by Gasteiger charge is -2.60. The average molecular weight is 387 g/mol. The van der Waals surface area contributed by atoms with E-state index in [-0.39, 0.29) is 34.6 Å². The molecule has 4 rings (SSSR count). The number of ketones is 1. The number of aliphatic hydroxyl groups is 1. The summed E-state index contributed by atoms with van der Waals surface area (Å²) in [6, 6.07) is 0. The molecule has 0 aromatic rings. The van der Waals surface area contributed by atoms with E-state index in [4.69, 9.17) is 4.74 Å². The number of hydrogen-bond donors (Lipinski definition) is 1. The molecule has 1 N–H and O–H groups in total. The summed E-state index contributed by atoms with van der Waals surface area (Å²) in [7, 11) is 0. The largest absolute Gasteiger partial charge is 0.462 e. The van der Waals surface area contributed by atoms with Crippen molar-refractivity contribution in [2.24, 2.45) is 34.5 Å². The maximum absolute atomic E-state index is 12.1. The van der Waals surface area contributed by atoms with Crippen LogP contribution < -0.4 is 0 Å². The fraction of sp³-hybridized carbons (Fsp3) is 0.750. The zero-order valence-electron chi connectivity index (χ0n) is 17.7. The minimum Gasteiger partial charge on any atom is -0.462 e. The minimum atomic E-state index is -0.351. The number of carbonyl (C=O) groups excluding carboxylic acids is 2. The third kappa shape index (κ3) is 2.91. The topological polar surface area (TPSA) is 63.6 Å². The number of rotatable bonds is 2. The Morgan fingerprint density at radius 2 is 2.07 bits per heavy atom. The molecular formula is C24H34O4. The molecule has 0 heterocycles. The molecule has 0 spiro atoms. The van der Waals surface area contributed by atoms with E-state index in [2.05, 4.69) is 26.8 Å². The Morgan fingerprint density at radius 3 is 2.79 bits per heavy atom. The first-order valence-electron chi connectivity index (χ1n) is 10.9. The summed E-state index contributed by atoms with van der Waals surface area (Å²) in [4.78, 5) is 23.2. The highest BCUT2D eigenvalue weighted by Crippen LogP contribution is 2.67. The van der Waals surface area contributed by atoms with Crippen LogP contribution in [-0.2, 0) is 14.3 Å². The van der Waals surface area contributed by atoms with Gasteiger partial charge in [0.05, 0.1) is 6.10 Å². The van der Waals surface area contributed by atoms with Crippen molar-refractivity contribution in [3.05, 3.63) is 23.3 Å². The SMILES string of the molecule is CC(=O)OCC=C1CCC2C3CC(C)C4=CC(=O)CCC4(C)C3C(O)CC12C. The summed E-state index contributed by atoms with van der Waals surface area (Å²) < 4.78 is 5.16. The molecule has 0 aliphatic heterocycles. The summed E-state index contributed by atoms with van der Waals surface area (Å²) in [5, 5.41) is 11.4. The Balaban J connectivity index is 1.66. The molecule has 0 aromatic heterocycles. The maximum atomic E-state index is 12.1. The first-order chi connectivity index (χ1) is 13.2. The molecule has 0 bridgehead atoms. The number of carbonyl (C=O) groups is 2. The number of fused-ring (bicyclic) bond motifs is 5. The maximum Gasteiger partial charge on any atom is 0.302 e. The van der Waals surface area contributed by atoms with Crippen molar-refractivity contribution in [2.75, 3.05) is 6.61 Å². The smallest absolute Gasteiger partial charge is 0.302 e. The quantitative estimate of drug-likeness (QED) is 0.570. The average Bonchev–Trinajstić information content (AvgIpc) is 2.92. The lowest BCUT2D eigenvalue weighted by atomic mass is 9.45. The Bertz CT molecular complexity index is 750. The Labute approximate surface area is 168 Å². The van der Waals surface area contributed by atoms with Gasteiger partial charge in [0.1, 0.15) is 6.61 Å². The van der Waals surface area contributed by atoms with Gasteiger partial charge in [0.2, 0.25) is 0 Å². The predicted octanol–water partition coefficient (Wildman–Crippen LogP) is 4.22. The van der Waals surface area contributed by atoms with Crippen LogP contribution in [0, 0.1) is 34.5 Å². The highest BCUT2D eigenvalue weighted by Gasteiger charge is 2.61. The molecule has 0 saturated heterocycles. The van der Waals surface area contributed by atoms with E-state index in [1.807, 2.05) is 6.08 Å². The molecule has 4 aliphatic carbocycles. The number of esters is 1. The number of allylic oxidation sites excluding steroid dienone is 2. The molecule has 3 fully saturated rings. The number of hydrogen-bond acceptors (Lipinski definition) is 4. The summed E-state index contributed by atoms with van der Waals surface area (Å²) in [6.45, 7) is 8.66. The van der Waals surface area contributed by atoms with Gasteiger partial charge in [-0.1, -0.05) is 31.9 Å². The monoisotopic (exact) mass is 386 g/mol. The number of aliphatic hydroxyl groups excluding tert-OH is 1. The molecule has 7 unspecified atom stereocenters.